The summed E-state index contributed by atoms with van der Waals surface area (Å²) in [5, 5.41) is 2.86. The highest BCUT2D eigenvalue weighted by Crippen LogP contribution is 2.26. The van der Waals surface area contributed by atoms with Crippen LogP contribution >= 0.6 is 15.9 Å². The van der Waals surface area contributed by atoms with Gasteiger partial charge in [-0.2, -0.15) is 0 Å². The molecule has 0 saturated heterocycles. The van der Waals surface area contributed by atoms with Crippen LogP contribution in [0.5, 0.6) is 11.5 Å². The number of hydrogen-bond acceptors (Lipinski definition) is 4. The SMILES string of the molecule is CC(C)Oc1cc(Br)ccc1C(=O)Nc1ccc(OCCN)cc1. The summed E-state index contributed by atoms with van der Waals surface area (Å²) in [5.41, 5.74) is 6.56. The molecule has 0 atom stereocenters. The predicted octanol–water partition coefficient (Wildman–Crippen LogP) is 3.83. The minimum Gasteiger partial charge on any atom is -0.492 e. The molecule has 0 aliphatic heterocycles. The molecule has 0 heterocycles. The Bertz CT molecular complexity index is 687. The normalized spacial score (nSPS) is 10.5. The van der Waals surface area contributed by atoms with E-state index in [-0.39, 0.29) is 12.0 Å². The molecule has 0 bridgehead atoms. The molecule has 2 rings (SSSR count). The first kappa shape index (κ1) is 18.3. The van der Waals surface area contributed by atoms with E-state index in [0.717, 1.165) is 4.47 Å². The molecule has 24 heavy (non-hydrogen) atoms. The third-order valence-corrected chi connectivity index (χ3v) is 3.54. The first-order valence-corrected chi connectivity index (χ1v) is 8.49. The highest BCUT2D eigenvalue weighted by molar-refractivity contribution is 9.10. The fraction of sp³-hybridized carbons (Fsp3) is 0.278. The molecule has 3 N–H and O–H groups in total. The molecule has 0 aliphatic rings. The second kappa shape index (κ2) is 8.70. The fourth-order valence-corrected chi connectivity index (χ4v) is 2.38. The van der Waals surface area contributed by atoms with Crippen molar-refractivity contribution in [2.24, 2.45) is 5.73 Å². The van der Waals surface area contributed by atoms with Crippen LogP contribution in [0.3, 0.4) is 0 Å². The Balaban J connectivity index is 2.12. The standard InChI is InChI=1S/C18H21BrN2O3/c1-12(2)24-17-11-13(19)3-8-16(17)18(22)21-14-4-6-15(7-5-14)23-10-9-20/h3-8,11-12H,9-10,20H2,1-2H3,(H,21,22). The van der Waals surface area contributed by atoms with Crippen molar-refractivity contribution >= 4 is 27.5 Å². The van der Waals surface area contributed by atoms with Gasteiger partial charge in [-0.05, 0) is 56.3 Å². The Labute approximate surface area is 150 Å². The number of carbonyl (C=O) groups excluding carboxylic acids is 1. The third kappa shape index (κ3) is 5.25. The second-order valence-corrected chi connectivity index (χ2v) is 6.34. The number of anilines is 1. The van der Waals surface area contributed by atoms with E-state index < -0.39 is 0 Å². The average Bonchev–Trinajstić information content (AvgIpc) is 2.53. The maximum Gasteiger partial charge on any atom is 0.259 e. The average molecular weight is 393 g/mol. The van der Waals surface area contributed by atoms with Crippen molar-refractivity contribution in [2.75, 3.05) is 18.5 Å². The zero-order valence-electron chi connectivity index (χ0n) is 13.7. The Morgan fingerprint density at radius 1 is 1.21 bits per heavy atom. The van der Waals surface area contributed by atoms with Crippen LogP contribution in [-0.2, 0) is 0 Å². The molecule has 0 radical (unpaired) electrons. The van der Waals surface area contributed by atoms with Crippen molar-refractivity contribution < 1.29 is 14.3 Å². The van der Waals surface area contributed by atoms with E-state index in [4.69, 9.17) is 15.2 Å². The van der Waals surface area contributed by atoms with Crippen molar-refractivity contribution in [1.29, 1.82) is 0 Å². The lowest BCUT2D eigenvalue weighted by molar-refractivity contribution is 0.102. The summed E-state index contributed by atoms with van der Waals surface area (Å²) in [4.78, 5) is 12.5. The lowest BCUT2D eigenvalue weighted by atomic mass is 10.1. The Morgan fingerprint density at radius 2 is 1.92 bits per heavy atom. The van der Waals surface area contributed by atoms with Crippen LogP contribution < -0.4 is 20.5 Å². The minimum atomic E-state index is -0.228. The van der Waals surface area contributed by atoms with Crippen molar-refractivity contribution in [3.8, 4) is 11.5 Å². The molecule has 6 heteroatoms. The van der Waals surface area contributed by atoms with E-state index in [9.17, 15) is 4.79 Å². The molecule has 128 valence electrons. The van der Waals surface area contributed by atoms with Gasteiger partial charge in [0.25, 0.3) is 5.91 Å². The van der Waals surface area contributed by atoms with Gasteiger partial charge in [-0.25, -0.2) is 0 Å². The summed E-state index contributed by atoms with van der Waals surface area (Å²) in [6.45, 7) is 4.76. The minimum absolute atomic E-state index is 0.0233. The van der Waals surface area contributed by atoms with Gasteiger partial charge in [0.2, 0.25) is 0 Å². The fourth-order valence-electron chi connectivity index (χ4n) is 2.04. The maximum atomic E-state index is 12.5. The zero-order chi connectivity index (χ0) is 17.5. The largest absolute Gasteiger partial charge is 0.492 e. The maximum absolute atomic E-state index is 12.5. The summed E-state index contributed by atoms with van der Waals surface area (Å²) < 4.78 is 12.0. The zero-order valence-corrected chi connectivity index (χ0v) is 15.3. The lowest BCUT2D eigenvalue weighted by Crippen LogP contribution is -2.16. The van der Waals surface area contributed by atoms with Crippen LogP contribution in [0.25, 0.3) is 0 Å². The highest BCUT2D eigenvalue weighted by Gasteiger charge is 2.14. The van der Waals surface area contributed by atoms with Crippen molar-refractivity contribution in [3.63, 3.8) is 0 Å². The summed E-state index contributed by atoms with van der Waals surface area (Å²) in [6.07, 6.45) is -0.0233. The van der Waals surface area contributed by atoms with Gasteiger partial charge in [-0.3, -0.25) is 4.79 Å². The molecule has 2 aromatic rings. The molecule has 0 saturated carbocycles. The topological polar surface area (TPSA) is 73.6 Å². The molecule has 0 aromatic heterocycles. The number of carbonyl (C=O) groups is 1. The van der Waals surface area contributed by atoms with Crippen LogP contribution in [0.4, 0.5) is 5.69 Å². The van der Waals surface area contributed by atoms with Crippen molar-refractivity contribution in [1.82, 2.24) is 0 Å². The third-order valence-electron chi connectivity index (χ3n) is 3.05. The molecular formula is C18H21BrN2O3. The highest BCUT2D eigenvalue weighted by atomic mass is 79.9. The summed E-state index contributed by atoms with van der Waals surface area (Å²) in [7, 11) is 0. The van der Waals surface area contributed by atoms with Crippen molar-refractivity contribution in [2.45, 2.75) is 20.0 Å². The molecule has 2 aromatic carbocycles. The number of benzene rings is 2. The summed E-state index contributed by atoms with van der Waals surface area (Å²) in [5.74, 6) is 1.03. The Kier molecular flexibility index (Phi) is 6.63. The predicted molar refractivity (Wildman–Crippen MR) is 98.9 cm³/mol. The van der Waals surface area contributed by atoms with Gasteiger partial charge in [0, 0.05) is 16.7 Å². The van der Waals surface area contributed by atoms with Gasteiger partial charge < -0.3 is 20.5 Å². The molecule has 0 spiro atoms. The molecular weight excluding hydrogens is 372 g/mol. The monoisotopic (exact) mass is 392 g/mol. The van der Waals surface area contributed by atoms with Crippen LogP contribution in [0.1, 0.15) is 24.2 Å². The molecule has 1 amide bonds. The van der Waals surface area contributed by atoms with Crippen molar-refractivity contribution in [3.05, 3.63) is 52.5 Å². The van der Waals surface area contributed by atoms with Crippen LogP contribution in [0.15, 0.2) is 46.9 Å². The Hall–Kier alpha value is -2.05. The van der Waals surface area contributed by atoms with E-state index >= 15 is 0 Å². The van der Waals surface area contributed by atoms with E-state index in [1.165, 1.54) is 0 Å². The van der Waals surface area contributed by atoms with E-state index in [1.807, 2.05) is 19.9 Å². The number of halogens is 1. The number of amides is 1. The van der Waals surface area contributed by atoms with E-state index in [1.54, 1.807) is 36.4 Å². The molecule has 0 fully saturated rings. The number of hydrogen-bond donors (Lipinski definition) is 2. The second-order valence-electron chi connectivity index (χ2n) is 5.42. The molecule has 5 nitrogen and oxygen atoms in total. The number of nitrogens with two attached hydrogens (primary N) is 1. The molecule has 0 unspecified atom stereocenters. The van der Waals surface area contributed by atoms with Gasteiger partial charge in [0.05, 0.1) is 11.7 Å². The van der Waals surface area contributed by atoms with E-state index in [2.05, 4.69) is 21.2 Å². The summed E-state index contributed by atoms with van der Waals surface area (Å²) in [6, 6.07) is 12.5. The first-order valence-electron chi connectivity index (χ1n) is 7.70. The number of ether oxygens (including phenoxy) is 2. The quantitative estimate of drug-likeness (QED) is 0.750. The lowest BCUT2D eigenvalue weighted by Gasteiger charge is -2.15. The smallest absolute Gasteiger partial charge is 0.259 e. The van der Waals surface area contributed by atoms with Gasteiger partial charge in [0.15, 0.2) is 0 Å². The number of rotatable bonds is 7. The molecule has 0 aliphatic carbocycles. The summed E-state index contributed by atoms with van der Waals surface area (Å²) >= 11 is 3.40. The van der Waals surface area contributed by atoms with Gasteiger partial charge in [0.1, 0.15) is 18.1 Å². The van der Waals surface area contributed by atoms with Gasteiger partial charge in [-0.15, -0.1) is 0 Å². The first-order chi connectivity index (χ1) is 11.5. The van der Waals surface area contributed by atoms with E-state index in [0.29, 0.717) is 35.9 Å². The van der Waals surface area contributed by atoms with Gasteiger partial charge in [-0.1, -0.05) is 15.9 Å². The Morgan fingerprint density at radius 3 is 2.54 bits per heavy atom. The van der Waals surface area contributed by atoms with Crippen LogP contribution in [0, 0.1) is 0 Å². The number of nitrogens with one attached hydrogen (secondary N) is 1. The van der Waals surface area contributed by atoms with Crippen LogP contribution in [0.2, 0.25) is 0 Å². The van der Waals surface area contributed by atoms with Crippen LogP contribution in [-0.4, -0.2) is 25.2 Å². The van der Waals surface area contributed by atoms with Gasteiger partial charge >= 0.3 is 0 Å².